The summed E-state index contributed by atoms with van der Waals surface area (Å²) in [4.78, 5) is 15.8. The van der Waals surface area contributed by atoms with Crippen LogP contribution in [0.15, 0.2) is 28.3 Å². The molecule has 0 saturated heterocycles. The van der Waals surface area contributed by atoms with Crippen molar-refractivity contribution in [1.82, 2.24) is 10.3 Å². The first-order valence-electron chi connectivity index (χ1n) is 6.91. The molecular formula is C15H11F3N4O2. The van der Waals surface area contributed by atoms with E-state index in [-0.39, 0.29) is 22.7 Å². The van der Waals surface area contributed by atoms with Crippen molar-refractivity contribution in [2.75, 3.05) is 0 Å². The molecule has 3 rings (SSSR count). The van der Waals surface area contributed by atoms with Crippen LogP contribution in [0.5, 0.6) is 0 Å². The van der Waals surface area contributed by atoms with Crippen LogP contribution in [-0.4, -0.2) is 16.4 Å². The van der Waals surface area contributed by atoms with Crippen molar-refractivity contribution in [3.8, 4) is 6.07 Å². The Balaban J connectivity index is 1.84. The molecule has 3 N–H and O–H groups in total. The quantitative estimate of drug-likeness (QED) is 0.837. The molecule has 0 atom stereocenters. The van der Waals surface area contributed by atoms with Crippen LogP contribution in [0.1, 0.15) is 24.3 Å². The number of amides is 1. The summed E-state index contributed by atoms with van der Waals surface area (Å²) in [7, 11) is 0. The number of carbonyl (C=O) groups is 1. The van der Waals surface area contributed by atoms with Gasteiger partial charge in [0.2, 0.25) is 5.89 Å². The molecule has 0 unspecified atom stereocenters. The summed E-state index contributed by atoms with van der Waals surface area (Å²) in [5, 5.41) is 11.4. The average Bonchev–Trinajstić information content (AvgIpc) is 3.16. The number of fused-ring (bicyclic) bond motifs is 1. The molecule has 1 fully saturated rings. The molecule has 1 aliphatic carbocycles. The van der Waals surface area contributed by atoms with Crippen LogP contribution in [0, 0.1) is 11.3 Å². The molecule has 0 radical (unpaired) electrons. The third kappa shape index (κ3) is 3.03. The Kier molecular flexibility index (Phi) is 3.48. The molecular weight excluding hydrogens is 325 g/mol. The number of hydrogen-bond donors (Lipinski definition) is 2. The number of nitriles is 1. The summed E-state index contributed by atoms with van der Waals surface area (Å²) in [5.41, 5.74) is 3.78. The summed E-state index contributed by atoms with van der Waals surface area (Å²) in [6, 6.07) is 4.85. The average molecular weight is 336 g/mol. The summed E-state index contributed by atoms with van der Waals surface area (Å²) in [6.45, 7) is 0. The Labute approximate surface area is 133 Å². The third-order valence-electron chi connectivity index (χ3n) is 3.59. The van der Waals surface area contributed by atoms with Gasteiger partial charge in [0.05, 0.1) is 11.6 Å². The first-order valence-corrected chi connectivity index (χ1v) is 6.91. The number of oxazole rings is 1. The van der Waals surface area contributed by atoms with Crippen molar-refractivity contribution >= 4 is 23.1 Å². The van der Waals surface area contributed by atoms with Crippen LogP contribution < -0.4 is 11.1 Å². The number of carbonyl (C=O) groups excluding carboxylic acids is 1. The van der Waals surface area contributed by atoms with Crippen LogP contribution in [0.3, 0.4) is 0 Å². The summed E-state index contributed by atoms with van der Waals surface area (Å²) < 4.78 is 43.2. The lowest BCUT2D eigenvalue weighted by Gasteiger charge is -2.08. The van der Waals surface area contributed by atoms with Crippen molar-refractivity contribution in [2.24, 2.45) is 5.73 Å². The van der Waals surface area contributed by atoms with Gasteiger partial charge in [-0.05, 0) is 31.0 Å². The molecule has 2 aromatic rings. The lowest BCUT2D eigenvalue weighted by atomic mass is 10.2. The van der Waals surface area contributed by atoms with Crippen LogP contribution in [0.4, 0.5) is 13.2 Å². The molecule has 6 nitrogen and oxygen atoms in total. The number of nitrogens with zero attached hydrogens (tertiary/aromatic N) is 2. The lowest BCUT2D eigenvalue weighted by Crippen LogP contribution is -2.38. The minimum Gasteiger partial charge on any atom is -0.437 e. The Hall–Kier alpha value is -3.02. The Morgan fingerprint density at radius 3 is 2.75 bits per heavy atom. The zero-order chi connectivity index (χ0) is 17.5. The van der Waals surface area contributed by atoms with E-state index in [2.05, 4.69) is 10.3 Å². The maximum atomic E-state index is 12.7. The normalized spacial score (nSPS) is 16.7. The van der Waals surface area contributed by atoms with Crippen molar-refractivity contribution in [3.63, 3.8) is 0 Å². The van der Waals surface area contributed by atoms with E-state index in [9.17, 15) is 18.0 Å². The molecule has 1 heterocycles. The van der Waals surface area contributed by atoms with E-state index < -0.39 is 23.2 Å². The topological polar surface area (TPSA) is 105 Å². The van der Waals surface area contributed by atoms with Gasteiger partial charge in [-0.1, -0.05) is 0 Å². The third-order valence-corrected chi connectivity index (χ3v) is 3.59. The molecule has 1 aromatic heterocycles. The van der Waals surface area contributed by atoms with Gasteiger partial charge < -0.3 is 15.5 Å². The fourth-order valence-corrected chi connectivity index (χ4v) is 2.06. The van der Waals surface area contributed by atoms with Gasteiger partial charge in [0.1, 0.15) is 16.8 Å². The molecule has 1 aliphatic rings. The first kappa shape index (κ1) is 15.9. The number of nitrogens with one attached hydrogen (secondary N) is 1. The fraction of sp³-hybridized carbons (Fsp3) is 0.267. The number of halogens is 3. The zero-order valence-corrected chi connectivity index (χ0v) is 12.1. The smallest absolute Gasteiger partial charge is 0.416 e. The standard InChI is InChI=1S/C15H11F3N4O2/c16-15(17,18)8-1-2-11-10(5-8)21-12(24-11)6-9(20)13(23)22-14(7-19)3-4-14/h1-2,5-6H,3-4,20H2,(H,22,23). The molecule has 0 bridgehead atoms. The highest BCUT2D eigenvalue weighted by molar-refractivity contribution is 5.97. The summed E-state index contributed by atoms with van der Waals surface area (Å²) in [5.74, 6) is -0.758. The van der Waals surface area contributed by atoms with Crippen molar-refractivity contribution in [1.29, 1.82) is 5.26 Å². The van der Waals surface area contributed by atoms with Gasteiger partial charge >= 0.3 is 6.18 Å². The second-order valence-electron chi connectivity index (χ2n) is 5.48. The highest BCUT2D eigenvalue weighted by Gasteiger charge is 2.44. The van der Waals surface area contributed by atoms with E-state index in [1.165, 1.54) is 0 Å². The highest BCUT2D eigenvalue weighted by Crippen LogP contribution is 2.34. The van der Waals surface area contributed by atoms with E-state index >= 15 is 0 Å². The van der Waals surface area contributed by atoms with Gasteiger partial charge in [-0.15, -0.1) is 0 Å². The number of benzene rings is 1. The SMILES string of the molecule is N#CC1(NC(=O)C(N)=Cc2nc3cc(C(F)(F)F)ccc3o2)CC1. The monoisotopic (exact) mass is 336 g/mol. The van der Waals surface area contributed by atoms with E-state index in [4.69, 9.17) is 15.4 Å². The van der Waals surface area contributed by atoms with Crippen molar-refractivity contribution in [2.45, 2.75) is 24.6 Å². The Morgan fingerprint density at radius 2 is 2.17 bits per heavy atom. The number of nitrogens with two attached hydrogens (primary N) is 1. The Morgan fingerprint density at radius 1 is 1.46 bits per heavy atom. The van der Waals surface area contributed by atoms with Crippen molar-refractivity contribution in [3.05, 3.63) is 35.4 Å². The van der Waals surface area contributed by atoms with Gasteiger partial charge in [-0.25, -0.2) is 4.98 Å². The van der Waals surface area contributed by atoms with E-state index in [1.807, 2.05) is 6.07 Å². The molecule has 1 amide bonds. The molecule has 0 aliphatic heterocycles. The summed E-state index contributed by atoms with van der Waals surface area (Å²) in [6.07, 6.45) is -2.29. The highest BCUT2D eigenvalue weighted by atomic mass is 19.4. The molecule has 1 aromatic carbocycles. The van der Waals surface area contributed by atoms with E-state index in [0.29, 0.717) is 12.8 Å². The van der Waals surface area contributed by atoms with Crippen molar-refractivity contribution < 1.29 is 22.4 Å². The number of hydrogen-bond acceptors (Lipinski definition) is 5. The molecule has 0 spiro atoms. The van der Waals surface area contributed by atoms with Crippen LogP contribution in [-0.2, 0) is 11.0 Å². The minimum atomic E-state index is -4.49. The predicted molar refractivity (Wildman–Crippen MR) is 76.9 cm³/mol. The zero-order valence-electron chi connectivity index (χ0n) is 12.1. The molecule has 9 heteroatoms. The summed E-state index contributed by atoms with van der Waals surface area (Å²) >= 11 is 0. The number of alkyl halides is 3. The van der Waals surface area contributed by atoms with E-state index in [0.717, 1.165) is 24.3 Å². The Bertz CT molecular complexity index is 888. The largest absolute Gasteiger partial charge is 0.437 e. The molecule has 1 saturated carbocycles. The predicted octanol–water partition coefficient (Wildman–Crippen LogP) is 2.32. The second-order valence-corrected chi connectivity index (χ2v) is 5.48. The van der Waals surface area contributed by atoms with Crippen LogP contribution >= 0.6 is 0 Å². The van der Waals surface area contributed by atoms with Crippen LogP contribution in [0.2, 0.25) is 0 Å². The number of aromatic nitrogens is 1. The lowest BCUT2D eigenvalue weighted by molar-refractivity contribution is -0.137. The van der Waals surface area contributed by atoms with Gasteiger partial charge in [-0.2, -0.15) is 18.4 Å². The minimum absolute atomic E-state index is 0.0000267. The fourth-order valence-electron chi connectivity index (χ4n) is 2.06. The first-order chi connectivity index (χ1) is 11.2. The van der Waals surface area contributed by atoms with Gasteiger partial charge in [0.25, 0.3) is 5.91 Å². The second kappa shape index (κ2) is 5.26. The van der Waals surface area contributed by atoms with E-state index in [1.54, 1.807) is 0 Å². The van der Waals surface area contributed by atoms with Gasteiger partial charge in [-0.3, -0.25) is 4.79 Å². The maximum Gasteiger partial charge on any atom is 0.416 e. The maximum absolute atomic E-state index is 12.7. The van der Waals surface area contributed by atoms with Gasteiger partial charge in [0, 0.05) is 6.08 Å². The van der Waals surface area contributed by atoms with Crippen LogP contribution in [0.25, 0.3) is 17.2 Å². The number of rotatable bonds is 3. The van der Waals surface area contributed by atoms with Gasteiger partial charge in [0.15, 0.2) is 5.58 Å². The molecule has 24 heavy (non-hydrogen) atoms. The molecule has 124 valence electrons.